The summed E-state index contributed by atoms with van der Waals surface area (Å²) >= 11 is 0. The third kappa shape index (κ3) is 3.40. The van der Waals surface area contributed by atoms with Crippen molar-refractivity contribution in [3.8, 4) is 0 Å². The van der Waals surface area contributed by atoms with E-state index in [1.807, 2.05) is 67.3 Å². The largest absolute Gasteiger partial charge is 0.324 e. The topological polar surface area (TPSA) is 58.1 Å². The van der Waals surface area contributed by atoms with Crippen molar-refractivity contribution in [2.75, 3.05) is 10.2 Å². The van der Waals surface area contributed by atoms with Crippen LogP contribution in [0.2, 0.25) is 0 Å². The Morgan fingerprint density at radius 1 is 1.04 bits per heavy atom. The van der Waals surface area contributed by atoms with Crippen molar-refractivity contribution in [1.82, 2.24) is 9.97 Å². The molecule has 0 radical (unpaired) electrons. The molecule has 1 unspecified atom stereocenters. The van der Waals surface area contributed by atoms with Crippen LogP contribution in [0.25, 0.3) is 0 Å². The fraction of sp³-hybridized carbons (Fsp3) is 0.227. The molecule has 0 saturated heterocycles. The quantitative estimate of drug-likeness (QED) is 0.752. The van der Waals surface area contributed by atoms with Crippen molar-refractivity contribution in [2.24, 2.45) is 0 Å². The number of amides is 1. The van der Waals surface area contributed by atoms with Gasteiger partial charge in [0.25, 0.3) is 5.91 Å². The molecule has 0 bridgehead atoms. The highest BCUT2D eigenvalue weighted by Crippen LogP contribution is 2.33. The molecular weight excluding hydrogens is 336 g/mol. The Bertz CT molecular complexity index is 994. The third-order valence-corrected chi connectivity index (χ3v) is 4.77. The Balaban J connectivity index is 1.62. The van der Waals surface area contributed by atoms with Crippen molar-refractivity contribution in [2.45, 2.75) is 33.2 Å². The van der Waals surface area contributed by atoms with Gasteiger partial charge in [-0.2, -0.15) is 0 Å². The first-order chi connectivity index (χ1) is 13.0. The van der Waals surface area contributed by atoms with Crippen molar-refractivity contribution in [1.29, 1.82) is 0 Å². The molecule has 5 heteroatoms. The Labute approximate surface area is 159 Å². The fourth-order valence-electron chi connectivity index (χ4n) is 3.66. The molecule has 1 aliphatic heterocycles. The van der Waals surface area contributed by atoms with E-state index in [0.717, 1.165) is 29.2 Å². The van der Waals surface area contributed by atoms with E-state index in [9.17, 15) is 4.79 Å². The molecule has 1 atom stereocenters. The number of para-hydroxylation sites is 1. The highest BCUT2D eigenvalue weighted by molar-refractivity contribution is 6.08. The lowest BCUT2D eigenvalue weighted by Crippen LogP contribution is -2.35. The van der Waals surface area contributed by atoms with E-state index in [2.05, 4.69) is 28.3 Å². The molecule has 0 fully saturated rings. The lowest BCUT2D eigenvalue weighted by molar-refractivity contribution is 0.0981. The summed E-state index contributed by atoms with van der Waals surface area (Å²) in [6.07, 6.45) is 0.885. The van der Waals surface area contributed by atoms with Crippen molar-refractivity contribution in [3.05, 3.63) is 77.1 Å². The van der Waals surface area contributed by atoms with Gasteiger partial charge in [0.05, 0.1) is 0 Å². The summed E-state index contributed by atoms with van der Waals surface area (Å²) in [7, 11) is 0. The van der Waals surface area contributed by atoms with Crippen LogP contribution in [0.1, 0.15) is 34.2 Å². The second-order valence-corrected chi connectivity index (χ2v) is 7.04. The summed E-state index contributed by atoms with van der Waals surface area (Å²) < 4.78 is 0. The molecule has 136 valence electrons. The Kier molecular flexibility index (Phi) is 4.36. The van der Waals surface area contributed by atoms with Gasteiger partial charge in [0.2, 0.25) is 5.95 Å². The van der Waals surface area contributed by atoms with E-state index in [1.54, 1.807) is 0 Å². The Morgan fingerprint density at radius 2 is 1.78 bits per heavy atom. The van der Waals surface area contributed by atoms with Crippen LogP contribution in [0, 0.1) is 13.8 Å². The van der Waals surface area contributed by atoms with Gasteiger partial charge < -0.3 is 10.2 Å². The molecule has 4 rings (SSSR count). The van der Waals surface area contributed by atoms with Gasteiger partial charge in [-0.25, -0.2) is 9.97 Å². The number of nitrogens with zero attached hydrogens (tertiary/aromatic N) is 3. The van der Waals surface area contributed by atoms with Crippen LogP contribution in [0.3, 0.4) is 0 Å². The predicted molar refractivity (Wildman–Crippen MR) is 108 cm³/mol. The molecule has 1 N–H and O–H groups in total. The number of nitrogens with one attached hydrogen (secondary N) is 1. The van der Waals surface area contributed by atoms with E-state index >= 15 is 0 Å². The number of rotatable bonds is 3. The molecule has 2 heterocycles. The SMILES string of the molecule is Cc1cc(C)nc(Nc2cccc(C(=O)N3c4ccccc4CC3C)c2)n1. The summed E-state index contributed by atoms with van der Waals surface area (Å²) in [5.41, 5.74) is 5.47. The number of aromatic nitrogens is 2. The molecule has 0 spiro atoms. The third-order valence-electron chi connectivity index (χ3n) is 4.77. The first-order valence-electron chi connectivity index (χ1n) is 9.12. The fourth-order valence-corrected chi connectivity index (χ4v) is 3.66. The van der Waals surface area contributed by atoms with Crippen molar-refractivity contribution >= 4 is 23.2 Å². The van der Waals surface area contributed by atoms with E-state index in [4.69, 9.17) is 0 Å². The summed E-state index contributed by atoms with van der Waals surface area (Å²) in [6.45, 7) is 5.96. The van der Waals surface area contributed by atoms with E-state index in [0.29, 0.717) is 11.5 Å². The number of benzene rings is 2. The maximum absolute atomic E-state index is 13.2. The molecule has 0 aliphatic carbocycles. The van der Waals surface area contributed by atoms with Crippen molar-refractivity contribution in [3.63, 3.8) is 0 Å². The average molecular weight is 358 g/mol. The second kappa shape index (κ2) is 6.83. The minimum Gasteiger partial charge on any atom is -0.324 e. The summed E-state index contributed by atoms with van der Waals surface area (Å²) in [5, 5.41) is 3.21. The first kappa shape index (κ1) is 17.2. The molecule has 1 aliphatic rings. The Hall–Kier alpha value is -3.21. The summed E-state index contributed by atoms with van der Waals surface area (Å²) in [4.78, 5) is 23.9. The standard InChI is InChI=1S/C22H22N4O/c1-14-11-15(2)24-22(23-14)25-19-9-6-8-18(13-19)21(27)26-16(3)12-17-7-4-5-10-20(17)26/h4-11,13,16H,12H2,1-3H3,(H,23,24,25). The monoisotopic (exact) mass is 358 g/mol. The lowest BCUT2D eigenvalue weighted by atomic mass is 10.1. The van der Waals surface area contributed by atoms with Crippen LogP contribution < -0.4 is 10.2 Å². The molecule has 27 heavy (non-hydrogen) atoms. The van der Waals surface area contributed by atoms with Gasteiger partial charge >= 0.3 is 0 Å². The smallest absolute Gasteiger partial charge is 0.258 e. The van der Waals surface area contributed by atoms with Crippen LogP contribution in [0.15, 0.2) is 54.6 Å². The van der Waals surface area contributed by atoms with E-state index in [1.165, 1.54) is 5.56 Å². The number of carbonyl (C=O) groups excluding carboxylic acids is 1. The van der Waals surface area contributed by atoms with Crippen LogP contribution in [-0.2, 0) is 6.42 Å². The number of carbonyl (C=O) groups is 1. The van der Waals surface area contributed by atoms with Crippen LogP contribution in [0.5, 0.6) is 0 Å². The van der Waals surface area contributed by atoms with Crippen LogP contribution >= 0.6 is 0 Å². The molecule has 0 saturated carbocycles. The van der Waals surface area contributed by atoms with Gasteiger partial charge in [-0.15, -0.1) is 0 Å². The molecule has 2 aromatic carbocycles. The number of aryl methyl sites for hydroxylation is 2. The van der Waals surface area contributed by atoms with Gasteiger partial charge in [-0.3, -0.25) is 4.79 Å². The number of fused-ring (bicyclic) bond motifs is 1. The minimum atomic E-state index is 0.0115. The normalized spacial score (nSPS) is 15.5. The molecule has 3 aromatic rings. The highest BCUT2D eigenvalue weighted by Gasteiger charge is 2.31. The van der Waals surface area contributed by atoms with Gasteiger partial charge in [0.1, 0.15) is 0 Å². The molecular formula is C22H22N4O. The van der Waals surface area contributed by atoms with Gasteiger partial charge in [-0.05, 0) is 63.1 Å². The minimum absolute atomic E-state index is 0.0115. The Morgan fingerprint density at radius 3 is 2.56 bits per heavy atom. The number of hydrogen-bond donors (Lipinski definition) is 1. The second-order valence-electron chi connectivity index (χ2n) is 7.04. The molecule has 1 amide bonds. The maximum atomic E-state index is 13.2. The van der Waals surface area contributed by atoms with Gasteiger partial charge in [0, 0.05) is 34.4 Å². The van der Waals surface area contributed by atoms with E-state index in [-0.39, 0.29) is 11.9 Å². The maximum Gasteiger partial charge on any atom is 0.258 e. The van der Waals surface area contributed by atoms with Gasteiger partial charge in [0.15, 0.2) is 0 Å². The van der Waals surface area contributed by atoms with E-state index < -0.39 is 0 Å². The van der Waals surface area contributed by atoms with Crippen LogP contribution in [0.4, 0.5) is 17.3 Å². The molecule has 1 aromatic heterocycles. The average Bonchev–Trinajstić information content (AvgIpc) is 2.96. The first-order valence-corrected chi connectivity index (χ1v) is 9.12. The number of hydrogen-bond acceptors (Lipinski definition) is 4. The lowest BCUT2D eigenvalue weighted by Gasteiger charge is -2.23. The predicted octanol–water partition coefficient (Wildman–Crippen LogP) is 4.43. The zero-order valence-corrected chi connectivity index (χ0v) is 15.7. The summed E-state index contributed by atoms with van der Waals surface area (Å²) in [5.74, 6) is 0.550. The van der Waals surface area contributed by atoms with Crippen LogP contribution in [-0.4, -0.2) is 21.9 Å². The van der Waals surface area contributed by atoms with Gasteiger partial charge in [-0.1, -0.05) is 24.3 Å². The zero-order chi connectivity index (χ0) is 19.0. The number of anilines is 3. The highest BCUT2D eigenvalue weighted by atomic mass is 16.2. The zero-order valence-electron chi connectivity index (χ0n) is 15.7. The molecule has 5 nitrogen and oxygen atoms in total. The van der Waals surface area contributed by atoms with Crippen molar-refractivity contribution < 1.29 is 4.79 Å². The summed E-state index contributed by atoms with van der Waals surface area (Å²) in [6, 6.07) is 17.7.